The van der Waals surface area contributed by atoms with E-state index >= 15 is 0 Å². The molecule has 0 spiro atoms. The summed E-state index contributed by atoms with van der Waals surface area (Å²) >= 11 is 11.8. The van der Waals surface area contributed by atoms with E-state index in [0.29, 0.717) is 22.6 Å². The van der Waals surface area contributed by atoms with Gasteiger partial charge in [-0.1, -0.05) is 55.2 Å². The van der Waals surface area contributed by atoms with Crippen LogP contribution in [-0.2, 0) is 6.61 Å². The maximum Gasteiger partial charge on any atom is 0.119 e. The summed E-state index contributed by atoms with van der Waals surface area (Å²) in [5.74, 6) is 1.39. The number of rotatable bonds is 4. The van der Waals surface area contributed by atoms with Gasteiger partial charge in [0.05, 0.1) is 10.0 Å². The van der Waals surface area contributed by atoms with Crippen LogP contribution in [0.5, 0.6) is 5.75 Å². The molecule has 0 heterocycles. The zero-order valence-electron chi connectivity index (χ0n) is 11.0. The third-order valence-corrected chi connectivity index (χ3v) is 3.68. The van der Waals surface area contributed by atoms with Gasteiger partial charge in [-0.05, 0) is 41.3 Å². The summed E-state index contributed by atoms with van der Waals surface area (Å²) in [5.41, 5.74) is 2.31. The van der Waals surface area contributed by atoms with Crippen molar-refractivity contribution in [2.45, 2.75) is 26.4 Å². The van der Waals surface area contributed by atoms with Gasteiger partial charge in [-0.2, -0.15) is 0 Å². The lowest BCUT2D eigenvalue weighted by Crippen LogP contribution is -1.96. The Kier molecular flexibility index (Phi) is 4.73. The minimum Gasteiger partial charge on any atom is -0.489 e. The second kappa shape index (κ2) is 6.31. The molecule has 0 aliphatic heterocycles. The predicted molar refractivity (Wildman–Crippen MR) is 81.3 cm³/mol. The Labute approximate surface area is 124 Å². The van der Waals surface area contributed by atoms with E-state index in [-0.39, 0.29) is 0 Å². The molecule has 2 aromatic carbocycles. The molecule has 0 aliphatic rings. The number of benzene rings is 2. The van der Waals surface area contributed by atoms with Crippen molar-refractivity contribution in [3.8, 4) is 5.75 Å². The summed E-state index contributed by atoms with van der Waals surface area (Å²) in [6, 6.07) is 13.7. The molecule has 2 aromatic rings. The van der Waals surface area contributed by atoms with Crippen molar-refractivity contribution in [3.63, 3.8) is 0 Å². The zero-order valence-corrected chi connectivity index (χ0v) is 12.5. The Bertz CT molecular complexity index is 547. The average Bonchev–Trinajstić information content (AvgIpc) is 2.40. The van der Waals surface area contributed by atoms with Crippen molar-refractivity contribution in [3.05, 3.63) is 63.6 Å². The van der Waals surface area contributed by atoms with Gasteiger partial charge in [0, 0.05) is 0 Å². The molecule has 0 saturated carbocycles. The lowest BCUT2D eigenvalue weighted by molar-refractivity contribution is 0.306. The van der Waals surface area contributed by atoms with Crippen LogP contribution < -0.4 is 4.74 Å². The molecule has 19 heavy (non-hydrogen) atoms. The monoisotopic (exact) mass is 294 g/mol. The van der Waals surface area contributed by atoms with Crippen LogP contribution in [0.25, 0.3) is 0 Å². The van der Waals surface area contributed by atoms with Crippen LogP contribution in [0.4, 0.5) is 0 Å². The van der Waals surface area contributed by atoms with Gasteiger partial charge < -0.3 is 4.74 Å². The Morgan fingerprint density at radius 1 is 0.947 bits per heavy atom. The van der Waals surface area contributed by atoms with E-state index in [1.54, 1.807) is 6.07 Å². The molecule has 0 aliphatic carbocycles. The van der Waals surface area contributed by atoms with Gasteiger partial charge in [-0.25, -0.2) is 0 Å². The highest BCUT2D eigenvalue weighted by molar-refractivity contribution is 6.42. The summed E-state index contributed by atoms with van der Waals surface area (Å²) in [6.45, 7) is 4.83. The van der Waals surface area contributed by atoms with Crippen molar-refractivity contribution in [1.82, 2.24) is 0 Å². The van der Waals surface area contributed by atoms with Gasteiger partial charge in [0.2, 0.25) is 0 Å². The number of hydrogen-bond donors (Lipinski definition) is 0. The summed E-state index contributed by atoms with van der Waals surface area (Å²) in [5, 5.41) is 1.12. The van der Waals surface area contributed by atoms with Crippen LogP contribution in [0.15, 0.2) is 42.5 Å². The van der Waals surface area contributed by atoms with Crippen LogP contribution in [-0.4, -0.2) is 0 Å². The van der Waals surface area contributed by atoms with E-state index in [1.165, 1.54) is 5.56 Å². The topological polar surface area (TPSA) is 9.23 Å². The Morgan fingerprint density at radius 3 is 2.21 bits per heavy atom. The van der Waals surface area contributed by atoms with Crippen LogP contribution in [0, 0.1) is 0 Å². The van der Waals surface area contributed by atoms with E-state index in [1.807, 2.05) is 24.3 Å². The molecule has 2 rings (SSSR count). The molecular formula is C16H16Cl2O. The molecule has 0 fully saturated rings. The first-order chi connectivity index (χ1) is 9.06. The van der Waals surface area contributed by atoms with Gasteiger partial charge >= 0.3 is 0 Å². The molecule has 0 bridgehead atoms. The number of hydrogen-bond acceptors (Lipinski definition) is 1. The molecule has 0 aromatic heterocycles. The summed E-state index contributed by atoms with van der Waals surface area (Å²) in [4.78, 5) is 0. The second-order valence-electron chi connectivity index (χ2n) is 4.76. The Morgan fingerprint density at radius 2 is 1.63 bits per heavy atom. The molecule has 0 atom stereocenters. The SMILES string of the molecule is CC(C)c1ccc(OCc2ccc(Cl)c(Cl)c2)cc1. The number of ether oxygens (including phenoxy) is 1. The third kappa shape index (κ3) is 3.89. The molecule has 3 heteroatoms. The fraction of sp³-hybridized carbons (Fsp3) is 0.250. The van der Waals surface area contributed by atoms with Crippen LogP contribution in [0.2, 0.25) is 10.0 Å². The molecule has 0 N–H and O–H groups in total. The van der Waals surface area contributed by atoms with Crippen molar-refractivity contribution in [2.24, 2.45) is 0 Å². The average molecular weight is 295 g/mol. The molecule has 1 nitrogen and oxygen atoms in total. The van der Waals surface area contributed by atoms with Gasteiger partial charge in [0.25, 0.3) is 0 Å². The third-order valence-electron chi connectivity index (χ3n) is 2.94. The van der Waals surface area contributed by atoms with Crippen molar-refractivity contribution < 1.29 is 4.74 Å². The van der Waals surface area contributed by atoms with Gasteiger partial charge in [-0.3, -0.25) is 0 Å². The second-order valence-corrected chi connectivity index (χ2v) is 5.58. The lowest BCUT2D eigenvalue weighted by Gasteiger charge is -2.09. The van der Waals surface area contributed by atoms with E-state index in [9.17, 15) is 0 Å². The van der Waals surface area contributed by atoms with E-state index in [2.05, 4.69) is 26.0 Å². The molecule has 0 radical (unpaired) electrons. The molecular weight excluding hydrogens is 279 g/mol. The first kappa shape index (κ1) is 14.2. The fourth-order valence-corrected chi connectivity index (χ4v) is 2.07. The van der Waals surface area contributed by atoms with E-state index in [0.717, 1.165) is 11.3 Å². The van der Waals surface area contributed by atoms with Gasteiger partial charge in [0.15, 0.2) is 0 Å². The first-order valence-electron chi connectivity index (χ1n) is 6.23. The predicted octanol–water partition coefficient (Wildman–Crippen LogP) is 5.70. The fourth-order valence-electron chi connectivity index (χ4n) is 1.75. The first-order valence-corrected chi connectivity index (χ1v) is 6.98. The van der Waals surface area contributed by atoms with Gasteiger partial charge in [-0.15, -0.1) is 0 Å². The maximum absolute atomic E-state index is 5.96. The highest BCUT2D eigenvalue weighted by atomic mass is 35.5. The minimum atomic E-state index is 0.484. The molecule has 0 unspecified atom stereocenters. The summed E-state index contributed by atoms with van der Waals surface area (Å²) in [6.07, 6.45) is 0. The maximum atomic E-state index is 5.96. The smallest absolute Gasteiger partial charge is 0.119 e. The lowest BCUT2D eigenvalue weighted by atomic mass is 10.0. The molecule has 100 valence electrons. The van der Waals surface area contributed by atoms with E-state index in [4.69, 9.17) is 27.9 Å². The quantitative estimate of drug-likeness (QED) is 0.703. The van der Waals surface area contributed by atoms with Crippen molar-refractivity contribution in [2.75, 3.05) is 0 Å². The largest absolute Gasteiger partial charge is 0.489 e. The number of halogens is 2. The van der Waals surface area contributed by atoms with Crippen LogP contribution in [0.1, 0.15) is 30.9 Å². The van der Waals surface area contributed by atoms with E-state index < -0.39 is 0 Å². The Hall–Kier alpha value is -1.18. The summed E-state index contributed by atoms with van der Waals surface area (Å²) < 4.78 is 5.72. The standard InChI is InChI=1S/C16H16Cl2O/c1-11(2)13-4-6-14(7-5-13)19-10-12-3-8-15(17)16(18)9-12/h3-9,11H,10H2,1-2H3. The van der Waals surface area contributed by atoms with Crippen molar-refractivity contribution in [1.29, 1.82) is 0 Å². The minimum absolute atomic E-state index is 0.484. The van der Waals surface area contributed by atoms with Crippen molar-refractivity contribution >= 4 is 23.2 Å². The molecule has 0 amide bonds. The van der Waals surface area contributed by atoms with Crippen LogP contribution >= 0.6 is 23.2 Å². The normalized spacial score (nSPS) is 10.8. The highest BCUT2D eigenvalue weighted by Crippen LogP contribution is 2.24. The molecule has 0 saturated heterocycles. The van der Waals surface area contributed by atoms with Gasteiger partial charge in [0.1, 0.15) is 12.4 Å². The Balaban J connectivity index is 2.00. The van der Waals surface area contributed by atoms with Crippen LogP contribution in [0.3, 0.4) is 0 Å². The summed E-state index contributed by atoms with van der Waals surface area (Å²) in [7, 11) is 0. The zero-order chi connectivity index (χ0) is 13.8. The highest BCUT2D eigenvalue weighted by Gasteiger charge is 2.02.